The molecule has 188 valence electrons. The predicted octanol–water partition coefficient (Wildman–Crippen LogP) is 0.853. The van der Waals surface area contributed by atoms with Crippen LogP contribution in [0.4, 0.5) is 4.79 Å². The Hall–Kier alpha value is -2.85. The lowest BCUT2D eigenvalue weighted by Gasteiger charge is -2.32. The summed E-state index contributed by atoms with van der Waals surface area (Å²) in [6, 6.07) is -1.74. The smallest absolute Gasteiger partial charge is 0.410 e. The van der Waals surface area contributed by atoms with Crippen LogP contribution in [0.25, 0.3) is 0 Å². The van der Waals surface area contributed by atoms with Crippen molar-refractivity contribution in [3.8, 4) is 0 Å². The number of esters is 1. The molecule has 1 rings (SSSR count). The van der Waals surface area contributed by atoms with Gasteiger partial charge in [-0.05, 0) is 68.2 Å². The Labute approximate surface area is 195 Å². The van der Waals surface area contributed by atoms with Crippen LogP contribution < -0.4 is 16.0 Å². The molecule has 1 aliphatic rings. The van der Waals surface area contributed by atoms with Gasteiger partial charge in [0.1, 0.15) is 28.8 Å². The SMILES string of the molecule is COC(=O)C(C)(C)NC(=O)[C@H](C)NC(=O)C(C)(C)NC(=O)[C@@H]1CCCN1C(=O)OC(C)(C)C. The summed E-state index contributed by atoms with van der Waals surface area (Å²) >= 11 is 0. The Bertz CT molecular complexity index is 786. The first-order valence-corrected chi connectivity index (χ1v) is 10.9. The molecule has 0 aromatic carbocycles. The normalized spacial score (nSPS) is 17.6. The highest BCUT2D eigenvalue weighted by atomic mass is 16.6. The van der Waals surface area contributed by atoms with Gasteiger partial charge in [0.05, 0.1) is 7.11 Å². The maximum Gasteiger partial charge on any atom is 0.410 e. The molecule has 0 aliphatic carbocycles. The number of ether oxygens (including phenoxy) is 2. The number of rotatable bonds is 7. The van der Waals surface area contributed by atoms with E-state index in [9.17, 15) is 24.0 Å². The Morgan fingerprint density at radius 2 is 1.52 bits per heavy atom. The molecule has 0 unspecified atom stereocenters. The number of nitrogens with zero attached hydrogens (tertiary/aromatic N) is 1. The summed E-state index contributed by atoms with van der Waals surface area (Å²) in [6.45, 7) is 13.0. The molecule has 0 aromatic rings. The monoisotopic (exact) mass is 470 g/mol. The van der Waals surface area contributed by atoms with E-state index < -0.39 is 58.5 Å². The van der Waals surface area contributed by atoms with Gasteiger partial charge in [-0.2, -0.15) is 0 Å². The van der Waals surface area contributed by atoms with Gasteiger partial charge in [0.2, 0.25) is 17.7 Å². The van der Waals surface area contributed by atoms with E-state index in [0.29, 0.717) is 19.4 Å². The summed E-state index contributed by atoms with van der Waals surface area (Å²) in [5.41, 5.74) is -3.34. The van der Waals surface area contributed by atoms with Gasteiger partial charge in [-0.15, -0.1) is 0 Å². The number of hydrogen-bond donors (Lipinski definition) is 3. The van der Waals surface area contributed by atoms with E-state index in [4.69, 9.17) is 4.74 Å². The fourth-order valence-electron chi connectivity index (χ4n) is 3.19. The van der Waals surface area contributed by atoms with Crippen LogP contribution in [0.5, 0.6) is 0 Å². The summed E-state index contributed by atoms with van der Waals surface area (Å²) in [5, 5.41) is 7.71. The third-order valence-corrected chi connectivity index (χ3v) is 5.06. The summed E-state index contributed by atoms with van der Waals surface area (Å²) < 4.78 is 10.0. The molecular formula is C22H38N4O7. The highest BCUT2D eigenvalue weighted by Crippen LogP contribution is 2.22. The molecule has 2 atom stereocenters. The number of amides is 4. The number of carbonyl (C=O) groups excluding carboxylic acids is 5. The fourth-order valence-corrected chi connectivity index (χ4v) is 3.19. The van der Waals surface area contributed by atoms with Gasteiger partial charge < -0.3 is 25.4 Å². The number of nitrogens with one attached hydrogen (secondary N) is 3. The molecule has 0 saturated carbocycles. The van der Waals surface area contributed by atoms with Crippen molar-refractivity contribution < 1.29 is 33.4 Å². The van der Waals surface area contributed by atoms with Gasteiger partial charge in [0, 0.05) is 6.54 Å². The van der Waals surface area contributed by atoms with Gasteiger partial charge in [-0.3, -0.25) is 19.3 Å². The highest BCUT2D eigenvalue weighted by Gasteiger charge is 2.40. The van der Waals surface area contributed by atoms with E-state index >= 15 is 0 Å². The van der Waals surface area contributed by atoms with Crippen LogP contribution >= 0.6 is 0 Å². The zero-order chi connectivity index (χ0) is 25.8. The van der Waals surface area contributed by atoms with E-state index in [1.807, 2.05) is 0 Å². The Balaban J connectivity index is 2.77. The molecule has 1 saturated heterocycles. The van der Waals surface area contributed by atoms with Crippen molar-refractivity contribution >= 4 is 29.8 Å². The van der Waals surface area contributed by atoms with Gasteiger partial charge in [0.25, 0.3) is 0 Å². The molecule has 0 bridgehead atoms. The van der Waals surface area contributed by atoms with Crippen LogP contribution in [-0.4, -0.2) is 77.1 Å². The first kappa shape index (κ1) is 28.2. The summed E-state index contributed by atoms with van der Waals surface area (Å²) in [6.07, 6.45) is 0.502. The van der Waals surface area contributed by atoms with Crippen molar-refractivity contribution in [3.05, 3.63) is 0 Å². The average molecular weight is 471 g/mol. The molecule has 3 N–H and O–H groups in total. The Kier molecular flexibility index (Phi) is 8.87. The maximum atomic E-state index is 12.9. The molecule has 1 aliphatic heterocycles. The molecule has 0 spiro atoms. The zero-order valence-corrected chi connectivity index (χ0v) is 21.1. The molecule has 4 amide bonds. The Morgan fingerprint density at radius 3 is 2.03 bits per heavy atom. The van der Waals surface area contributed by atoms with Gasteiger partial charge in [-0.1, -0.05) is 0 Å². The average Bonchev–Trinajstić information content (AvgIpc) is 3.15. The number of hydrogen-bond acceptors (Lipinski definition) is 7. The topological polar surface area (TPSA) is 143 Å². The number of likely N-dealkylation sites (tertiary alicyclic amines) is 1. The molecule has 1 fully saturated rings. The lowest BCUT2D eigenvalue weighted by molar-refractivity contribution is -0.149. The maximum absolute atomic E-state index is 12.9. The third-order valence-electron chi connectivity index (χ3n) is 5.06. The highest BCUT2D eigenvalue weighted by molar-refractivity contribution is 5.97. The van der Waals surface area contributed by atoms with Crippen molar-refractivity contribution in [1.82, 2.24) is 20.9 Å². The molecule has 11 heteroatoms. The molecule has 33 heavy (non-hydrogen) atoms. The lowest BCUT2D eigenvalue weighted by atomic mass is 10.0. The minimum atomic E-state index is -1.37. The molecule has 0 radical (unpaired) electrons. The second-order valence-corrected chi connectivity index (χ2v) is 10.2. The fraction of sp³-hybridized carbons (Fsp3) is 0.773. The lowest BCUT2D eigenvalue weighted by Crippen LogP contribution is -2.62. The molecule has 1 heterocycles. The predicted molar refractivity (Wildman–Crippen MR) is 120 cm³/mol. The summed E-state index contributed by atoms with van der Waals surface area (Å²) in [7, 11) is 1.21. The quantitative estimate of drug-likeness (QED) is 0.468. The number of carbonyl (C=O) groups is 5. The van der Waals surface area contributed by atoms with Gasteiger partial charge in [-0.25, -0.2) is 9.59 Å². The van der Waals surface area contributed by atoms with E-state index in [-0.39, 0.29) is 0 Å². The second-order valence-electron chi connectivity index (χ2n) is 10.2. The molecule has 11 nitrogen and oxygen atoms in total. The molecular weight excluding hydrogens is 432 g/mol. The van der Waals surface area contributed by atoms with E-state index in [2.05, 4.69) is 20.7 Å². The van der Waals surface area contributed by atoms with Crippen molar-refractivity contribution in [1.29, 1.82) is 0 Å². The van der Waals surface area contributed by atoms with Crippen LogP contribution in [0.15, 0.2) is 0 Å². The summed E-state index contributed by atoms with van der Waals surface area (Å²) in [5.74, 6) is -2.31. The minimum Gasteiger partial charge on any atom is -0.467 e. The third kappa shape index (κ3) is 7.90. The zero-order valence-electron chi connectivity index (χ0n) is 21.1. The van der Waals surface area contributed by atoms with Crippen molar-refractivity contribution in [2.45, 2.75) is 97.0 Å². The van der Waals surface area contributed by atoms with Crippen LogP contribution in [0.1, 0.15) is 68.2 Å². The van der Waals surface area contributed by atoms with E-state index in [1.165, 1.54) is 46.6 Å². The minimum absolute atomic E-state index is 0.382. The standard InChI is InChI=1S/C22H38N4O7/c1-13(15(27)24-22(7,8)18(30)32-9)23-17(29)21(5,6)25-16(28)14-11-10-12-26(14)19(31)33-20(2,3)4/h13-14H,10-12H2,1-9H3,(H,23,29)(H,24,27)(H,25,28)/t13-,14-/m0/s1. The largest absolute Gasteiger partial charge is 0.467 e. The first-order chi connectivity index (χ1) is 14.9. The van der Waals surface area contributed by atoms with Gasteiger partial charge in [0.15, 0.2) is 0 Å². The van der Waals surface area contributed by atoms with E-state index in [1.54, 1.807) is 20.8 Å². The second kappa shape index (κ2) is 10.4. The molecule has 0 aromatic heterocycles. The van der Waals surface area contributed by atoms with Crippen LogP contribution in [0.3, 0.4) is 0 Å². The van der Waals surface area contributed by atoms with Crippen molar-refractivity contribution in [2.24, 2.45) is 0 Å². The van der Waals surface area contributed by atoms with Crippen LogP contribution in [-0.2, 0) is 28.7 Å². The first-order valence-electron chi connectivity index (χ1n) is 10.9. The Morgan fingerprint density at radius 1 is 0.939 bits per heavy atom. The summed E-state index contributed by atoms with van der Waals surface area (Å²) in [4.78, 5) is 63.7. The van der Waals surface area contributed by atoms with Crippen LogP contribution in [0, 0.1) is 0 Å². The van der Waals surface area contributed by atoms with Crippen molar-refractivity contribution in [2.75, 3.05) is 13.7 Å². The van der Waals surface area contributed by atoms with Crippen LogP contribution in [0.2, 0.25) is 0 Å². The number of methoxy groups -OCH3 is 1. The van der Waals surface area contributed by atoms with Crippen molar-refractivity contribution in [3.63, 3.8) is 0 Å². The van der Waals surface area contributed by atoms with E-state index in [0.717, 1.165) is 0 Å². The van der Waals surface area contributed by atoms with Gasteiger partial charge >= 0.3 is 12.1 Å².